The lowest BCUT2D eigenvalue weighted by Gasteiger charge is -2.13. The highest BCUT2D eigenvalue weighted by atomic mass is 19.4. The summed E-state index contributed by atoms with van der Waals surface area (Å²) in [4.78, 5) is 0. The van der Waals surface area contributed by atoms with Crippen LogP contribution in [-0.2, 0) is 4.74 Å². The van der Waals surface area contributed by atoms with E-state index >= 15 is 0 Å². The van der Waals surface area contributed by atoms with Gasteiger partial charge in [-0.15, -0.1) is 0 Å². The summed E-state index contributed by atoms with van der Waals surface area (Å²) in [7, 11) is 0.239. The van der Waals surface area contributed by atoms with Crippen molar-refractivity contribution in [3.05, 3.63) is 11.7 Å². The quantitative estimate of drug-likeness (QED) is 0.639. The van der Waals surface area contributed by atoms with Crippen molar-refractivity contribution < 1.29 is 35.5 Å². The van der Waals surface area contributed by atoms with E-state index in [-0.39, 0.29) is 7.11 Å². The summed E-state index contributed by atoms with van der Waals surface area (Å²) < 4.78 is 84.6. The van der Waals surface area contributed by atoms with Gasteiger partial charge in [0.1, 0.15) is 0 Å². The van der Waals surface area contributed by atoms with E-state index in [1.807, 2.05) is 0 Å². The van der Waals surface area contributed by atoms with E-state index in [0.29, 0.717) is 0 Å². The summed E-state index contributed by atoms with van der Waals surface area (Å²) in [5.74, 6) is -6.79. The van der Waals surface area contributed by atoms with Gasteiger partial charge in [0, 0.05) is 7.11 Å². The predicted molar refractivity (Wildman–Crippen MR) is 27.3 cm³/mol. The molecular weight excluding hydrogens is 209 g/mol. The second-order valence-corrected chi connectivity index (χ2v) is 1.85. The van der Waals surface area contributed by atoms with Crippen molar-refractivity contribution in [3.63, 3.8) is 0 Å². The molecule has 0 N–H and O–H groups in total. The molecule has 0 spiro atoms. The maximum absolute atomic E-state index is 12.0. The third-order valence-electron chi connectivity index (χ3n) is 0.953. The minimum absolute atomic E-state index is 0.239. The van der Waals surface area contributed by atoms with Gasteiger partial charge in [-0.05, 0) is 0 Å². The Labute approximate surface area is 67.8 Å². The Morgan fingerprint density at radius 1 is 0.923 bits per heavy atom. The van der Waals surface area contributed by atoms with Crippen LogP contribution in [0.25, 0.3) is 0 Å². The number of ether oxygens (including phenoxy) is 1. The molecule has 0 aromatic carbocycles. The fourth-order valence-corrected chi connectivity index (χ4v) is 0.342. The average molecular weight is 212 g/mol. The zero-order chi connectivity index (χ0) is 10.9. The van der Waals surface area contributed by atoms with E-state index in [1.165, 1.54) is 0 Å². The first-order valence-electron chi connectivity index (χ1n) is 2.69. The zero-order valence-corrected chi connectivity index (χ0v) is 6.05. The fourth-order valence-electron chi connectivity index (χ4n) is 0.342. The van der Waals surface area contributed by atoms with Crippen LogP contribution < -0.4 is 0 Å². The number of hydrogen-bond donors (Lipinski definition) is 0. The summed E-state index contributed by atoms with van der Waals surface area (Å²) in [6.07, 6.45) is -10.7. The van der Waals surface area contributed by atoms with Gasteiger partial charge in [-0.1, -0.05) is 0 Å². The Morgan fingerprint density at radius 2 is 1.31 bits per heavy atom. The Morgan fingerprint density at radius 3 is 1.54 bits per heavy atom. The molecule has 0 aromatic heterocycles. The molecular formula is C5H3F7O. The molecule has 0 saturated carbocycles. The molecule has 0 radical (unpaired) electrons. The van der Waals surface area contributed by atoms with Gasteiger partial charge in [0.15, 0.2) is 0 Å². The third kappa shape index (κ3) is 2.87. The smallest absolute Gasteiger partial charge is 0.318 e. The van der Waals surface area contributed by atoms with Crippen molar-refractivity contribution in [2.24, 2.45) is 0 Å². The normalized spacial score (nSPS) is 15.7. The maximum Gasteiger partial charge on any atom is 0.445 e. The Balaban J connectivity index is 5.04. The van der Waals surface area contributed by atoms with Gasteiger partial charge >= 0.3 is 12.3 Å². The SMILES string of the molecule is COC(F)(F)C(F)=C(F)C(F)(F)F. The van der Waals surface area contributed by atoms with E-state index in [2.05, 4.69) is 4.74 Å². The van der Waals surface area contributed by atoms with Crippen LogP contribution in [-0.4, -0.2) is 19.4 Å². The van der Waals surface area contributed by atoms with Crippen molar-refractivity contribution >= 4 is 0 Å². The van der Waals surface area contributed by atoms with Gasteiger partial charge in [0.05, 0.1) is 0 Å². The van der Waals surface area contributed by atoms with Crippen LogP contribution in [0.4, 0.5) is 30.7 Å². The van der Waals surface area contributed by atoms with Gasteiger partial charge in [-0.2, -0.15) is 30.7 Å². The molecule has 8 heteroatoms. The average Bonchev–Trinajstić information content (AvgIpc) is 2.00. The number of alkyl halides is 5. The molecule has 0 aliphatic carbocycles. The second-order valence-electron chi connectivity index (χ2n) is 1.85. The number of halogens is 7. The third-order valence-corrected chi connectivity index (χ3v) is 0.953. The van der Waals surface area contributed by atoms with Crippen LogP contribution in [0.3, 0.4) is 0 Å². The second kappa shape index (κ2) is 3.52. The molecule has 0 heterocycles. The van der Waals surface area contributed by atoms with Crippen LogP contribution >= 0.6 is 0 Å². The van der Waals surface area contributed by atoms with E-state index in [9.17, 15) is 30.7 Å². The summed E-state index contributed by atoms with van der Waals surface area (Å²) in [5.41, 5.74) is 0. The van der Waals surface area contributed by atoms with Crippen molar-refractivity contribution in [2.45, 2.75) is 12.3 Å². The lowest BCUT2D eigenvalue weighted by molar-refractivity contribution is -0.209. The molecule has 0 rings (SSSR count). The maximum atomic E-state index is 12.0. The topological polar surface area (TPSA) is 9.23 Å². The standard InChI is InChI=1S/C5H3F7O/c1-13-5(11,12)3(7)2(6)4(8,9)10/h1H3. The molecule has 0 atom stereocenters. The summed E-state index contributed by atoms with van der Waals surface area (Å²) >= 11 is 0. The first-order valence-corrected chi connectivity index (χ1v) is 2.69. The highest BCUT2D eigenvalue weighted by Crippen LogP contribution is 2.36. The van der Waals surface area contributed by atoms with Crippen LogP contribution in [0.1, 0.15) is 0 Å². The van der Waals surface area contributed by atoms with Crippen molar-refractivity contribution in [2.75, 3.05) is 7.11 Å². The zero-order valence-electron chi connectivity index (χ0n) is 6.05. The van der Waals surface area contributed by atoms with Crippen LogP contribution in [0.5, 0.6) is 0 Å². The fraction of sp³-hybridized carbons (Fsp3) is 0.600. The summed E-state index contributed by atoms with van der Waals surface area (Å²) in [5, 5.41) is 0. The van der Waals surface area contributed by atoms with Gasteiger partial charge in [-0.25, -0.2) is 0 Å². The Bertz CT molecular complexity index is 215. The highest BCUT2D eigenvalue weighted by Gasteiger charge is 2.47. The Hall–Kier alpha value is -0.790. The molecule has 0 saturated heterocycles. The number of rotatable bonds is 2. The number of methoxy groups -OCH3 is 1. The molecule has 78 valence electrons. The van der Waals surface area contributed by atoms with Gasteiger partial charge in [0.2, 0.25) is 11.7 Å². The first kappa shape index (κ1) is 12.2. The summed E-state index contributed by atoms with van der Waals surface area (Å²) in [6, 6.07) is 0. The van der Waals surface area contributed by atoms with E-state index in [0.717, 1.165) is 0 Å². The highest BCUT2D eigenvalue weighted by molar-refractivity contribution is 5.10. The molecule has 1 nitrogen and oxygen atoms in total. The molecule has 0 bridgehead atoms. The largest absolute Gasteiger partial charge is 0.445 e. The van der Waals surface area contributed by atoms with Crippen molar-refractivity contribution in [3.8, 4) is 0 Å². The number of allylic oxidation sites excluding steroid dienone is 1. The molecule has 0 fully saturated rings. The lowest BCUT2D eigenvalue weighted by Crippen LogP contribution is -2.24. The van der Waals surface area contributed by atoms with Gasteiger partial charge in [-0.3, -0.25) is 0 Å². The lowest BCUT2D eigenvalue weighted by atomic mass is 10.4. The molecule has 0 aliphatic rings. The molecule has 0 aliphatic heterocycles. The molecule has 0 amide bonds. The van der Waals surface area contributed by atoms with E-state index in [4.69, 9.17) is 0 Å². The number of hydrogen-bond acceptors (Lipinski definition) is 1. The molecule has 0 unspecified atom stereocenters. The molecule has 13 heavy (non-hydrogen) atoms. The van der Waals surface area contributed by atoms with Crippen LogP contribution in [0.2, 0.25) is 0 Å². The Kier molecular flexibility index (Phi) is 3.31. The summed E-state index contributed by atoms with van der Waals surface area (Å²) in [6.45, 7) is 0. The first-order chi connectivity index (χ1) is 5.63. The van der Waals surface area contributed by atoms with Crippen molar-refractivity contribution in [1.82, 2.24) is 0 Å². The minimum Gasteiger partial charge on any atom is -0.318 e. The predicted octanol–water partition coefficient (Wildman–Crippen LogP) is 2.94. The van der Waals surface area contributed by atoms with Crippen molar-refractivity contribution in [1.29, 1.82) is 0 Å². The molecule has 0 aromatic rings. The van der Waals surface area contributed by atoms with Crippen LogP contribution in [0, 0.1) is 0 Å². The minimum atomic E-state index is -5.79. The van der Waals surface area contributed by atoms with E-state index < -0.39 is 23.9 Å². The monoisotopic (exact) mass is 212 g/mol. The van der Waals surface area contributed by atoms with Crippen LogP contribution in [0.15, 0.2) is 11.7 Å². The van der Waals surface area contributed by atoms with Gasteiger partial charge < -0.3 is 4.74 Å². The van der Waals surface area contributed by atoms with Gasteiger partial charge in [0.25, 0.3) is 0 Å². The van der Waals surface area contributed by atoms with E-state index in [1.54, 1.807) is 0 Å².